The number of benzene rings is 1. The Balaban J connectivity index is 2.79. The second kappa shape index (κ2) is 7.55. The van der Waals surface area contributed by atoms with Crippen molar-refractivity contribution in [3.05, 3.63) is 34.9 Å². The van der Waals surface area contributed by atoms with Crippen LogP contribution in [0.25, 0.3) is 0 Å². The van der Waals surface area contributed by atoms with Gasteiger partial charge in [0.05, 0.1) is 0 Å². The molecular weight excluding hydrogens is 222 g/mol. The minimum absolute atomic E-state index is 0.430. The maximum absolute atomic E-state index is 5.23. The molecule has 2 nitrogen and oxygen atoms in total. The fourth-order valence-corrected chi connectivity index (χ4v) is 2.32. The smallest absolute Gasteiger partial charge is 0.0488 e. The highest BCUT2D eigenvalue weighted by Gasteiger charge is 2.14. The Kier molecular flexibility index (Phi) is 6.37. The monoisotopic (exact) mass is 249 g/mol. The Morgan fingerprint density at radius 2 is 1.94 bits per heavy atom. The average Bonchev–Trinajstić information content (AvgIpc) is 2.32. The summed E-state index contributed by atoms with van der Waals surface area (Å²) < 4.78 is 5.23. The molecule has 1 rings (SSSR count). The van der Waals surface area contributed by atoms with Crippen LogP contribution in [0.2, 0.25) is 0 Å². The van der Waals surface area contributed by atoms with Crippen LogP contribution >= 0.6 is 0 Å². The van der Waals surface area contributed by atoms with E-state index in [1.807, 2.05) is 0 Å². The molecular formula is C16H27NO. The van der Waals surface area contributed by atoms with Crippen molar-refractivity contribution in [2.24, 2.45) is 5.92 Å². The lowest BCUT2D eigenvalue weighted by atomic mass is 9.94. The lowest BCUT2D eigenvalue weighted by molar-refractivity contribution is 0.149. The van der Waals surface area contributed by atoms with Crippen LogP contribution in [-0.2, 0) is 4.74 Å². The summed E-state index contributed by atoms with van der Waals surface area (Å²) in [5.74, 6) is 0.570. The van der Waals surface area contributed by atoms with E-state index in [1.54, 1.807) is 7.11 Å². The molecule has 0 heterocycles. The molecule has 0 aliphatic heterocycles. The largest absolute Gasteiger partial charge is 0.384 e. The van der Waals surface area contributed by atoms with E-state index in [4.69, 9.17) is 4.74 Å². The fourth-order valence-electron chi connectivity index (χ4n) is 2.32. The molecule has 0 aromatic heterocycles. The molecule has 0 bridgehead atoms. The van der Waals surface area contributed by atoms with Gasteiger partial charge < -0.3 is 10.1 Å². The van der Waals surface area contributed by atoms with Gasteiger partial charge in [-0.15, -0.1) is 0 Å². The number of aryl methyl sites for hydroxylation is 2. The highest BCUT2D eigenvalue weighted by Crippen LogP contribution is 2.23. The van der Waals surface area contributed by atoms with E-state index in [0.717, 1.165) is 19.6 Å². The Bertz CT molecular complexity index is 362. The quantitative estimate of drug-likeness (QED) is 0.797. The number of methoxy groups -OCH3 is 1. The van der Waals surface area contributed by atoms with Gasteiger partial charge in [0, 0.05) is 19.8 Å². The van der Waals surface area contributed by atoms with E-state index in [1.165, 1.54) is 16.7 Å². The third-order valence-electron chi connectivity index (χ3n) is 3.47. The molecule has 1 N–H and O–H groups in total. The van der Waals surface area contributed by atoms with Crippen LogP contribution in [0.1, 0.15) is 43.0 Å². The summed E-state index contributed by atoms with van der Waals surface area (Å²) in [5, 5.41) is 3.58. The molecule has 102 valence electrons. The first-order chi connectivity index (χ1) is 8.58. The lowest BCUT2D eigenvalue weighted by Gasteiger charge is -2.22. The normalized spacial score (nSPS) is 14.5. The van der Waals surface area contributed by atoms with Crippen molar-refractivity contribution in [2.45, 2.75) is 40.2 Å². The maximum atomic E-state index is 5.23. The highest BCUT2D eigenvalue weighted by atomic mass is 16.5. The summed E-state index contributed by atoms with van der Waals surface area (Å²) in [6, 6.07) is 7.20. The van der Waals surface area contributed by atoms with E-state index in [2.05, 4.69) is 51.2 Å². The minimum Gasteiger partial charge on any atom is -0.384 e. The van der Waals surface area contributed by atoms with Crippen molar-refractivity contribution < 1.29 is 4.74 Å². The van der Waals surface area contributed by atoms with Crippen molar-refractivity contribution in [1.82, 2.24) is 5.32 Å². The molecule has 2 unspecified atom stereocenters. The average molecular weight is 249 g/mol. The summed E-state index contributed by atoms with van der Waals surface area (Å²) in [6.45, 7) is 10.6. The zero-order valence-corrected chi connectivity index (χ0v) is 12.4. The topological polar surface area (TPSA) is 21.3 Å². The molecule has 2 heteroatoms. The standard InChI is InChI=1S/C16H27NO/c1-6-17-16(9-12(2)11-18-5)15-8-7-13(3)14(4)10-15/h7-8,10,12,16-17H,6,9,11H2,1-5H3. The summed E-state index contributed by atoms with van der Waals surface area (Å²) in [7, 11) is 1.77. The molecule has 0 spiro atoms. The Morgan fingerprint density at radius 3 is 2.50 bits per heavy atom. The molecule has 0 saturated carbocycles. The first kappa shape index (κ1) is 15.2. The predicted octanol–water partition coefficient (Wildman–Crippen LogP) is 3.63. The van der Waals surface area contributed by atoms with Crippen molar-refractivity contribution in [2.75, 3.05) is 20.3 Å². The maximum Gasteiger partial charge on any atom is 0.0488 e. The van der Waals surface area contributed by atoms with Crippen LogP contribution in [0, 0.1) is 19.8 Å². The SMILES string of the molecule is CCNC(CC(C)COC)c1ccc(C)c(C)c1. The van der Waals surface area contributed by atoms with E-state index in [-0.39, 0.29) is 0 Å². The Hall–Kier alpha value is -0.860. The minimum atomic E-state index is 0.430. The van der Waals surface area contributed by atoms with E-state index >= 15 is 0 Å². The molecule has 1 aromatic carbocycles. The Labute approximate surface area is 112 Å². The van der Waals surface area contributed by atoms with E-state index < -0.39 is 0 Å². The van der Waals surface area contributed by atoms with Crippen molar-refractivity contribution >= 4 is 0 Å². The van der Waals surface area contributed by atoms with Gasteiger partial charge in [-0.25, -0.2) is 0 Å². The fraction of sp³-hybridized carbons (Fsp3) is 0.625. The molecule has 18 heavy (non-hydrogen) atoms. The van der Waals surface area contributed by atoms with Crippen LogP contribution in [-0.4, -0.2) is 20.3 Å². The summed E-state index contributed by atoms with van der Waals surface area (Å²) >= 11 is 0. The Morgan fingerprint density at radius 1 is 1.22 bits per heavy atom. The molecule has 1 aromatic rings. The molecule has 0 amide bonds. The van der Waals surface area contributed by atoms with Gasteiger partial charge in [-0.1, -0.05) is 32.0 Å². The number of hydrogen-bond donors (Lipinski definition) is 1. The number of ether oxygens (including phenoxy) is 1. The third kappa shape index (κ3) is 4.43. The van der Waals surface area contributed by atoms with Gasteiger partial charge in [0.15, 0.2) is 0 Å². The second-order valence-corrected chi connectivity index (χ2v) is 5.25. The molecule has 0 radical (unpaired) electrons. The molecule has 0 aliphatic carbocycles. The van der Waals surface area contributed by atoms with Crippen molar-refractivity contribution in [3.63, 3.8) is 0 Å². The van der Waals surface area contributed by atoms with Gasteiger partial charge in [-0.3, -0.25) is 0 Å². The second-order valence-electron chi connectivity index (χ2n) is 5.25. The van der Waals surface area contributed by atoms with Gasteiger partial charge in [-0.2, -0.15) is 0 Å². The van der Waals surface area contributed by atoms with Gasteiger partial charge in [-0.05, 0) is 49.4 Å². The van der Waals surface area contributed by atoms with E-state index in [0.29, 0.717) is 12.0 Å². The summed E-state index contributed by atoms with van der Waals surface area (Å²) in [6.07, 6.45) is 1.12. The van der Waals surface area contributed by atoms with Crippen molar-refractivity contribution in [3.8, 4) is 0 Å². The predicted molar refractivity (Wildman–Crippen MR) is 78.0 cm³/mol. The molecule has 0 saturated heterocycles. The van der Waals surface area contributed by atoms with E-state index in [9.17, 15) is 0 Å². The molecule has 0 fully saturated rings. The number of nitrogens with one attached hydrogen (secondary N) is 1. The van der Waals surface area contributed by atoms with Gasteiger partial charge in [0.25, 0.3) is 0 Å². The first-order valence-corrected chi connectivity index (χ1v) is 6.88. The van der Waals surface area contributed by atoms with Crippen molar-refractivity contribution in [1.29, 1.82) is 0 Å². The van der Waals surface area contributed by atoms with Gasteiger partial charge >= 0.3 is 0 Å². The number of rotatable bonds is 7. The van der Waals surface area contributed by atoms with Crippen LogP contribution in [0.5, 0.6) is 0 Å². The van der Waals surface area contributed by atoms with Crippen LogP contribution < -0.4 is 5.32 Å². The number of hydrogen-bond acceptors (Lipinski definition) is 2. The summed E-state index contributed by atoms with van der Waals surface area (Å²) in [5.41, 5.74) is 4.12. The molecule has 0 aliphatic rings. The summed E-state index contributed by atoms with van der Waals surface area (Å²) in [4.78, 5) is 0. The zero-order chi connectivity index (χ0) is 13.5. The lowest BCUT2D eigenvalue weighted by Crippen LogP contribution is -2.24. The third-order valence-corrected chi connectivity index (χ3v) is 3.47. The van der Waals surface area contributed by atoms with Crippen LogP contribution in [0.4, 0.5) is 0 Å². The van der Waals surface area contributed by atoms with Gasteiger partial charge in [0.1, 0.15) is 0 Å². The highest BCUT2D eigenvalue weighted by molar-refractivity contribution is 5.31. The molecule has 2 atom stereocenters. The van der Waals surface area contributed by atoms with Crippen LogP contribution in [0.15, 0.2) is 18.2 Å². The van der Waals surface area contributed by atoms with Gasteiger partial charge in [0.2, 0.25) is 0 Å². The van der Waals surface area contributed by atoms with Crippen LogP contribution in [0.3, 0.4) is 0 Å². The first-order valence-electron chi connectivity index (χ1n) is 6.88. The zero-order valence-electron chi connectivity index (χ0n) is 12.4.